The third-order valence-electron chi connectivity index (χ3n) is 6.87. The minimum atomic E-state index is -5.14. The Morgan fingerprint density at radius 2 is 1.58 bits per heavy atom. The van der Waals surface area contributed by atoms with Crippen molar-refractivity contribution < 1.29 is 76.8 Å². The topological polar surface area (TPSA) is 175 Å². The quantitative estimate of drug-likeness (QED) is 0.0940. The molecule has 2 aromatic carbocycles. The van der Waals surface area contributed by atoms with E-state index in [1.807, 2.05) is 0 Å². The number of carbonyl (C=O) groups is 1. The first-order valence-corrected chi connectivity index (χ1v) is 17.3. The molecular formula is C32H27ClF8N6O9S. The van der Waals surface area contributed by atoms with Crippen molar-refractivity contribution >= 4 is 39.2 Å². The number of fused-ring (bicyclic) bond motifs is 1. The number of halogens is 9. The van der Waals surface area contributed by atoms with E-state index in [0.29, 0.717) is 18.0 Å². The number of hydrogen-bond donors (Lipinski definition) is 1. The Labute approximate surface area is 321 Å². The largest absolute Gasteiger partial charge is 0.491 e. The van der Waals surface area contributed by atoms with E-state index in [4.69, 9.17) is 30.5 Å². The number of hydrogen-bond acceptors (Lipinski definition) is 13. The summed E-state index contributed by atoms with van der Waals surface area (Å²) in [6.45, 7) is 0.207. The van der Waals surface area contributed by atoms with E-state index < -0.39 is 75.2 Å². The molecule has 3 heterocycles. The molecule has 0 bridgehead atoms. The zero-order chi connectivity index (χ0) is 42.3. The number of nitrogens with zero attached hydrogens (tertiary/aromatic N) is 5. The fourth-order valence-corrected chi connectivity index (χ4v) is 5.88. The van der Waals surface area contributed by atoms with Crippen molar-refractivity contribution in [3.63, 3.8) is 0 Å². The lowest BCUT2D eigenvalue weighted by atomic mass is 10.2. The second-order valence-corrected chi connectivity index (χ2v) is 12.8. The van der Waals surface area contributed by atoms with Crippen LogP contribution in [0.3, 0.4) is 0 Å². The standard InChI is InChI=1S/C16H13ClF3NO4.C16H14F5N5O5S/c1-9(15(22)23-2)24-11-3-5-12(6-4-11)25-14-13(17)7-10(8-21-14)16(18,19)20;1-29-10-6-22-15(30-2)26-13(10)23-14(24-26)25-32(27,28)12-8(16(19,20)21)4-3-5-9(12)31-7-11(17)18/h3-9H,1-2H3;3-6,11H,7H2,1-2H3,(H,24,25)/t9-;/m1./s1. The minimum Gasteiger partial charge on any atom is -0.491 e. The number of carbonyl (C=O) groups excluding carboxylic acids is 1. The van der Waals surface area contributed by atoms with Crippen LogP contribution >= 0.6 is 11.6 Å². The van der Waals surface area contributed by atoms with Gasteiger partial charge in [0.05, 0.1) is 38.7 Å². The van der Waals surface area contributed by atoms with Gasteiger partial charge in [0, 0.05) is 6.20 Å². The molecule has 0 aliphatic heterocycles. The first-order chi connectivity index (χ1) is 26.7. The number of anilines is 1. The first kappa shape index (κ1) is 43.8. The minimum absolute atomic E-state index is 0.0559. The maximum absolute atomic E-state index is 13.5. The van der Waals surface area contributed by atoms with E-state index in [9.17, 15) is 48.3 Å². The molecular weight excluding hydrogens is 832 g/mol. The Balaban J connectivity index is 0.000000261. The van der Waals surface area contributed by atoms with Crippen molar-refractivity contribution in [1.29, 1.82) is 0 Å². The summed E-state index contributed by atoms with van der Waals surface area (Å²) in [5.74, 6) is -1.55. The number of sulfonamides is 1. The molecule has 5 rings (SSSR count). The lowest BCUT2D eigenvalue weighted by Crippen LogP contribution is -2.24. The number of nitrogens with one attached hydrogen (secondary N) is 1. The number of alkyl halides is 8. The van der Waals surface area contributed by atoms with Gasteiger partial charge in [-0.25, -0.2) is 31.7 Å². The lowest BCUT2D eigenvalue weighted by molar-refractivity contribution is -0.148. The molecule has 0 fully saturated rings. The van der Waals surface area contributed by atoms with Crippen molar-refractivity contribution in [1.82, 2.24) is 24.6 Å². The highest BCUT2D eigenvalue weighted by atomic mass is 35.5. The number of benzene rings is 2. The molecule has 57 heavy (non-hydrogen) atoms. The van der Waals surface area contributed by atoms with Crippen LogP contribution in [0.15, 0.2) is 65.8 Å². The molecule has 5 aromatic rings. The molecule has 0 spiro atoms. The molecule has 1 N–H and O–H groups in total. The smallest absolute Gasteiger partial charge is 0.417 e. The third-order valence-corrected chi connectivity index (χ3v) is 8.55. The summed E-state index contributed by atoms with van der Waals surface area (Å²) in [5, 5.41) is 3.54. The Bertz CT molecular complexity index is 2260. The highest BCUT2D eigenvalue weighted by molar-refractivity contribution is 7.92. The first-order valence-electron chi connectivity index (χ1n) is 15.4. The van der Waals surface area contributed by atoms with E-state index in [-0.39, 0.29) is 34.1 Å². The average molecular weight is 859 g/mol. The number of aromatic nitrogens is 5. The normalized spacial score (nSPS) is 12.3. The Morgan fingerprint density at radius 3 is 2.14 bits per heavy atom. The zero-order valence-corrected chi connectivity index (χ0v) is 30.9. The molecule has 15 nitrogen and oxygen atoms in total. The molecule has 0 radical (unpaired) electrons. The van der Waals surface area contributed by atoms with Crippen molar-refractivity contribution in [2.75, 3.05) is 32.7 Å². The Kier molecular flexibility index (Phi) is 13.8. The van der Waals surface area contributed by atoms with Crippen molar-refractivity contribution in [2.24, 2.45) is 0 Å². The molecule has 0 aliphatic rings. The average Bonchev–Trinajstić information content (AvgIpc) is 3.57. The monoisotopic (exact) mass is 858 g/mol. The van der Waals surface area contributed by atoms with Gasteiger partial charge < -0.3 is 28.4 Å². The molecule has 308 valence electrons. The van der Waals surface area contributed by atoms with E-state index >= 15 is 0 Å². The number of methoxy groups -OCH3 is 3. The lowest BCUT2D eigenvalue weighted by Gasteiger charge is -2.17. The highest BCUT2D eigenvalue weighted by Crippen LogP contribution is 2.40. The number of esters is 1. The van der Waals surface area contributed by atoms with E-state index in [1.54, 1.807) is 4.72 Å². The predicted molar refractivity (Wildman–Crippen MR) is 181 cm³/mol. The summed E-state index contributed by atoms with van der Waals surface area (Å²) in [5.41, 5.74) is -2.65. The molecule has 0 aliphatic carbocycles. The van der Waals surface area contributed by atoms with Crippen LogP contribution in [0.1, 0.15) is 18.1 Å². The van der Waals surface area contributed by atoms with Crippen molar-refractivity contribution in [2.45, 2.75) is 36.7 Å². The van der Waals surface area contributed by atoms with Crippen molar-refractivity contribution in [3.05, 3.63) is 77.1 Å². The van der Waals surface area contributed by atoms with E-state index in [0.717, 1.165) is 22.7 Å². The fourth-order valence-electron chi connectivity index (χ4n) is 4.38. The van der Waals surface area contributed by atoms with Gasteiger partial charge in [-0.1, -0.05) is 17.7 Å². The predicted octanol–water partition coefficient (Wildman–Crippen LogP) is 7.09. The van der Waals surface area contributed by atoms with Crippen LogP contribution in [0, 0.1) is 0 Å². The summed E-state index contributed by atoms with van der Waals surface area (Å²) in [7, 11) is -1.31. The van der Waals surface area contributed by atoms with Crippen LogP contribution in [-0.2, 0) is 31.9 Å². The molecule has 0 unspecified atom stereocenters. The van der Waals surface area contributed by atoms with Crippen LogP contribution in [0.4, 0.5) is 41.1 Å². The molecule has 3 aromatic heterocycles. The summed E-state index contributed by atoms with van der Waals surface area (Å²) in [6, 6.07) is 8.75. The van der Waals surface area contributed by atoms with Gasteiger partial charge >= 0.3 is 24.3 Å². The zero-order valence-electron chi connectivity index (χ0n) is 29.4. The highest BCUT2D eigenvalue weighted by Gasteiger charge is 2.40. The SMILES string of the molecule is COC(=O)[C@@H](C)Oc1ccc(Oc2ncc(C(F)(F)F)cc2Cl)cc1.COc1cnc(OC)n2nc(NS(=O)(=O)c3c(OCC(F)F)cccc3C(F)(F)F)nc12. The van der Waals surface area contributed by atoms with Gasteiger partial charge in [-0.15, -0.1) is 5.10 Å². The molecule has 25 heteroatoms. The number of pyridine rings is 1. The maximum atomic E-state index is 13.5. The van der Waals surface area contributed by atoms with Gasteiger partial charge in [-0.3, -0.25) is 0 Å². The summed E-state index contributed by atoms with van der Waals surface area (Å²) in [4.78, 5) is 21.2. The summed E-state index contributed by atoms with van der Waals surface area (Å²) < 4.78 is 162. The Morgan fingerprint density at radius 1 is 0.912 bits per heavy atom. The van der Waals surface area contributed by atoms with Crippen molar-refractivity contribution in [3.8, 4) is 34.9 Å². The third kappa shape index (κ3) is 11.1. The Hall–Kier alpha value is -5.91. The van der Waals surface area contributed by atoms with Crippen LogP contribution in [-0.4, -0.2) is 79.4 Å². The summed E-state index contributed by atoms with van der Waals surface area (Å²) >= 11 is 5.77. The second kappa shape index (κ2) is 17.9. The molecule has 0 amide bonds. The second-order valence-electron chi connectivity index (χ2n) is 10.8. The van der Waals surface area contributed by atoms with Gasteiger partial charge in [-0.2, -0.15) is 40.8 Å². The fraction of sp³-hybridized carbons (Fsp3) is 0.281. The van der Waals surface area contributed by atoms with Crippen LogP contribution in [0.2, 0.25) is 5.02 Å². The van der Waals surface area contributed by atoms with Gasteiger partial charge in [0.2, 0.25) is 11.5 Å². The van der Waals surface area contributed by atoms with Gasteiger partial charge in [-0.05, 0) is 49.4 Å². The van der Waals surface area contributed by atoms with Crippen LogP contribution < -0.4 is 28.4 Å². The van der Waals surface area contributed by atoms with Gasteiger partial charge in [0.15, 0.2) is 11.9 Å². The van der Waals surface area contributed by atoms with Crippen LogP contribution in [0.25, 0.3) is 5.65 Å². The number of ether oxygens (including phenoxy) is 6. The van der Waals surface area contributed by atoms with E-state index in [2.05, 4.69) is 29.5 Å². The molecule has 1 atom stereocenters. The molecule has 0 saturated heterocycles. The molecule has 0 saturated carbocycles. The maximum Gasteiger partial charge on any atom is 0.417 e. The van der Waals surface area contributed by atoms with Crippen LogP contribution in [0.5, 0.6) is 34.9 Å². The van der Waals surface area contributed by atoms with E-state index in [1.165, 1.54) is 58.7 Å². The summed E-state index contributed by atoms with van der Waals surface area (Å²) in [6.07, 6.45) is -11.7. The van der Waals surface area contributed by atoms with Gasteiger partial charge in [0.1, 0.15) is 33.8 Å². The number of rotatable bonds is 13. The van der Waals surface area contributed by atoms with Gasteiger partial charge in [0.25, 0.3) is 22.4 Å².